The zero-order valence-electron chi connectivity index (χ0n) is 38.5. The zero-order chi connectivity index (χ0) is 43.0. The number of esters is 3. The first-order chi connectivity index (χ1) is 29.0. The summed E-state index contributed by atoms with van der Waals surface area (Å²) in [6.07, 6.45) is 58.8. The molecule has 0 aromatic rings. The third kappa shape index (κ3) is 45.8. The molecule has 0 heterocycles. The number of unbranched alkanes of at least 4 members (excludes halogenated alkanes) is 24. The van der Waals surface area contributed by atoms with E-state index in [9.17, 15) is 14.4 Å². The van der Waals surface area contributed by atoms with E-state index in [1.807, 2.05) is 24.3 Å². The van der Waals surface area contributed by atoms with Gasteiger partial charge in [-0.15, -0.1) is 0 Å². The summed E-state index contributed by atoms with van der Waals surface area (Å²) in [5.74, 6) is -0.947. The first kappa shape index (κ1) is 55.9. The van der Waals surface area contributed by atoms with E-state index >= 15 is 0 Å². The topological polar surface area (TPSA) is 78.9 Å². The van der Waals surface area contributed by atoms with Gasteiger partial charge in [0.2, 0.25) is 0 Å². The molecule has 0 amide bonds. The molecule has 0 saturated carbocycles. The highest BCUT2D eigenvalue weighted by Gasteiger charge is 2.19. The third-order valence-electron chi connectivity index (χ3n) is 10.3. The Morgan fingerprint density at radius 1 is 0.356 bits per heavy atom. The van der Waals surface area contributed by atoms with E-state index in [-0.39, 0.29) is 31.1 Å². The number of carbonyl (C=O) groups is 3. The summed E-state index contributed by atoms with van der Waals surface area (Å²) < 4.78 is 16.7. The van der Waals surface area contributed by atoms with E-state index in [1.54, 1.807) is 0 Å². The Hall–Kier alpha value is -3.15. The van der Waals surface area contributed by atoms with E-state index in [1.165, 1.54) is 89.9 Å². The van der Waals surface area contributed by atoms with Crippen molar-refractivity contribution in [3.63, 3.8) is 0 Å². The normalized spacial score (nSPS) is 12.7. The standard InChI is InChI=1S/C53H90O6/c1-4-7-10-13-16-19-22-24-26-28-29-31-34-37-40-43-46-52(55)58-49-50(48-57-51(54)45-42-39-36-33-21-18-15-12-9-6-3)59-53(56)47-44-41-38-35-32-30-27-25-23-20-17-14-11-8-5-2/h8,11,14,17,20,23,25-29,31,50H,4-7,9-10,12-13,15-16,18-19,21-22,24,30,32-49H2,1-3H3/b11-8-,17-14-,23-20-,27-25-,28-26-,31-29-. The molecule has 6 nitrogen and oxygen atoms in total. The Balaban J connectivity index is 4.45. The fourth-order valence-electron chi connectivity index (χ4n) is 6.62. The molecule has 0 rings (SSSR count). The summed E-state index contributed by atoms with van der Waals surface area (Å²) in [5, 5.41) is 0. The van der Waals surface area contributed by atoms with Gasteiger partial charge in [0.25, 0.3) is 0 Å². The summed E-state index contributed by atoms with van der Waals surface area (Å²) in [6, 6.07) is 0. The third-order valence-corrected chi connectivity index (χ3v) is 10.3. The van der Waals surface area contributed by atoms with Crippen LogP contribution >= 0.6 is 0 Å². The Morgan fingerprint density at radius 2 is 0.661 bits per heavy atom. The van der Waals surface area contributed by atoms with Gasteiger partial charge in [-0.2, -0.15) is 0 Å². The van der Waals surface area contributed by atoms with Crippen LogP contribution in [0.1, 0.15) is 226 Å². The van der Waals surface area contributed by atoms with E-state index in [4.69, 9.17) is 14.2 Å². The van der Waals surface area contributed by atoms with Gasteiger partial charge in [-0.05, 0) is 64.2 Å². The molecular weight excluding hydrogens is 733 g/mol. The van der Waals surface area contributed by atoms with Crippen molar-refractivity contribution in [2.45, 2.75) is 232 Å². The Bertz CT molecular complexity index is 1130. The Morgan fingerprint density at radius 3 is 1.07 bits per heavy atom. The molecular formula is C53H90O6. The molecule has 0 fully saturated rings. The second-order valence-electron chi connectivity index (χ2n) is 16.1. The quantitative estimate of drug-likeness (QED) is 0.0264. The van der Waals surface area contributed by atoms with Gasteiger partial charge >= 0.3 is 17.9 Å². The largest absolute Gasteiger partial charge is 0.462 e. The second-order valence-corrected chi connectivity index (χ2v) is 16.1. The summed E-state index contributed by atoms with van der Waals surface area (Å²) in [4.78, 5) is 37.8. The van der Waals surface area contributed by atoms with Crippen molar-refractivity contribution in [3.05, 3.63) is 72.9 Å². The van der Waals surface area contributed by atoms with Crippen LogP contribution in [0.15, 0.2) is 72.9 Å². The molecule has 338 valence electrons. The molecule has 1 unspecified atom stereocenters. The fraction of sp³-hybridized carbons (Fsp3) is 0.717. The zero-order valence-corrected chi connectivity index (χ0v) is 38.5. The van der Waals surface area contributed by atoms with Crippen LogP contribution in [0, 0.1) is 0 Å². The number of hydrogen-bond donors (Lipinski definition) is 0. The van der Waals surface area contributed by atoms with Gasteiger partial charge in [0.05, 0.1) is 0 Å². The average Bonchev–Trinajstić information content (AvgIpc) is 3.23. The maximum absolute atomic E-state index is 12.7. The van der Waals surface area contributed by atoms with Crippen LogP contribution < -0.4 is 0 Å². The van der Waals surface area contributed by atoms with Crippen LogP contribution in [0.5, 0.6) is 0 Å². The first-order valence-electron chi connectivity index (χ1n) is 24.5. The minimum atomic E-state index is -0.795. The molecule has 0 aliphatic carbocycles. The molecule has 59 heavy (non-hydrogen) atoms. The summed E-state index contributed by atoms with van der Waals surface area (Å²) >= 11 is 0. The average molecular weight is 823 g/mol. The monoisotopic (exact) mass is 823 g/mol. The van der Waals surface area contributed by atoms with Gasteiger partial charge in [-0.1, -0.05) is 216 Å². The molecule has 0 N–H and O–H groups in total. The van der Waals surface area contributed by atoms with Crippen LogP contribution in [0.25, 0.3) is 0 Å². The highest BCUT2D eigenvalue weighted by Crippen LogP contribution is 2.14. The van der Waals surface area contributed by atoms with E-state index in [0.29, 0.717) is 19.3 Å². The molecule has 1 atom stereocenters. The minimum absolute atomic E-state index is 0.0929. The summed E-state index contributed by atoms with van der Waals surface area (Å²) in [6.45, 7) is 6.43. The highest BCUT2D eigenvalue weighted by molar-refractivity contribution is 5.71. The van der Waals surface area contributed by atoms with Crippen LogP contribution in [0.3, 0.4) is 0 Å². The van der Waals surface area contributed by atoms with Crippen molar-refractivity contribution in [2.75, 3.05) is 13.2 Å². The van der Waals surface area contributed by atoms with E-state index in [2.05, 4.69) is 69.4 Å². The van der Waals surface area contributed by atoms with E-state index < -0.39 is 6.10 Å². The highest BCUT2D eigenvalue weighted by atomic mass is 16.6. The maximum atomic E-state index is 12.7. The van der Waals surface area contributed by atoms with Crippen LogP contribution in [-0.4, -0.2) is 37.2 Å². The molecule has 0 aliphatic heterocycles. The minimum Gasteiger partial charge on any atom is -0.462 e. The van der Waals surface area contributed by atoms with Crippen molar-refractivity contribution < 1.29 is 28.6 Å². The van der Waals surface area contributed by atoms with E-state index in [0.717, 1.165) is 96.3 Å². The number of allylic oxidation sites excluding steroid dienone is 12. The predicted octanol–water partition coefficient (Wildman–Crippen LogP) is 15.9. The van der Waals surface area contributed by atoms with Gasteiger partial charge in [0, 0.05) is 19.3 Å². The van der Waals surface area contributed by atoms with Crippen molar-refractivity contribution in [1.82, 2.24) is 0 Å². The smallest absolute Gasteiger partial charge is 0.306 e. The Kier molecular flexibility index (Phi) is 45.0. The number of rotatable bonds is 43. The molecule has 6 heteroatoms. The van der Waals surface area contributed by atoms with Crippen molar-refractivity contribution >= 4 is 17.9 Å². The van der Waals surface area contributed by atoms with Crippen LogP contribution in [-0.2, 0) is 28.6 Å². The Labute approximate surface area is 363 Å². The lowest BCUT2D eigenvalue weighted by molar-refractivity contribution is -0.167. The molecule has 0 saturated heterocycles. The van der Waals surface area contributed by atoms with Crippen LogP contribution in [0.4, 0.5) is 0 Å². The van der Waals surface area contributed by atoms with Gasteiger partial charge in [0.1, 0.15) is 13.2 Å². The lowest BCUT2D eigenvalue weighted by atomic mass is 10.1. The summed E-state index contributed by atoms with van der Waals surface area (Å²) in [7, 11) is 0. The molecule has 0 spiro atoms. The lowest BCUT2D eigenvalue weighted by Crippen LogP contribution is -2.30. The van der Waals surface area contributed by atoms with Gasteiger partial charge < -0.3 is 14.2 Å². The molecule has 0 aliphatic rings. The van der Waals surface area contributed by atoms with Crippen LogP contribution in [0.2, 0.25) is 0 Å². The molecule has 0 radical (unpaired) electrons. The molecule has 0 aromatic carbocycles. The second kappa shape index (κ2) is 47.5. The number of carbonyl (C=O) groups excluding carboxylic acids is 3. The first-order valence-corrected chi connectivity index (χ1v) is 24.5. The predicted molar refractivity (Wildman–Crippen MR) is 251 cm³/mol. The molecule has 0 aromatic heterocycles. The lowest BCUT2D eigenvalue weighted by Gasteiger charge is -2.18. The van der Waals surface area contributed by atoms with Crippen molar-refractivity contribution in [1.29, 1.82) is 0 Å². The number of ether oxygens (including phenoxy) is 3. The SMILES string of the molecule is CC\C=C/C=C\C=C/C=C\CCCCCCCC(=O)OC(COC(=O)CCCCC/C=C\C=C/CCCCCCCCC)COC(=O)CCCCCCCCCCCC. The van der Waals surface area contributed by atoms with Crippen molar-refractivity contribution in [2.24, 2.45) is 0 Å². The fourth-order valence-corrected chi connectivity index (χ4v) is 6.62. The summed E-state index contributed by atoms with van der Waals surface area (Å²) in [5.41, 5.74) is 0. The number of hydrogen-bond acceptors (Lipinski definition) is 6. The van der Waals surface area contributed by atoms with Crippen molar-refractivity contribution in [3.8, 4) is 0 Å². The maximum Gasteiger partial charge on any atom is 0.306 e. The van der Waals surface area contributed by atoms with Gasteiger partial charge in [-0.25, -0.2) is 0 Å². The molecule has 0 bridgehead atoms. The van der Waals surface area contributed by atoms with Gasteiger partial charge in [0.15, 0.2) is 6.10 Å². The van der Waals surface area contributed by atoms with Gasteiger partial charge in [-0.3, -0.25) is 14.4 Å².